The van der Waals surface area contributed by atoms with Gasteiger partial charge >= 0.3 is 11.9 Å². The number of carbonyl (C=O) groups excluding carboxylic acids is 3. The van der Waals surface area contributed by atoms with Crippen molar-refractivity contribution in [2.45, 2.75) is 25.8 Å². The average molecular weight is 300 g/mol. The van der Waals surface area contributed by atoms with E-state index in [1.165, 1.54) is 6.92 Å². The zero-order valence-electron chi connectivity index (χ0n) is 11.1. The van der Waals surface area contributed by atoms with E-state index in [-0.39, 0.29) is 42.6 Å². The summed E-state index contributed by atoms with van der Waals surface area (Å²) in [5, 5.41) is 5.43. The van der Waals surface area contributed by atoms with E-state index in [1.807, 2.05) is 0 Å². The fourth-order valence-electron chi connectivity index (χ4n) is 1.41. The molecular formula is C12H16N2O5S. The van der Waals surface area contributed by atoms with E-state index in [0.717, 1.165) is 0 Å². The SMILES string of the molecule is C=C(C)C(=O)OCCOC(=O)CCC1NC(=S)NC1=O. The molecule has 1 amide bonds. The second-order valence-electron chi connectivity index (χ2n) is 4.19. The number of amides is 1. The van der Waals surface area contributed by atoms with Crippen LogP contribution in [0.1, 0.15) is 19.8 Å². The quantitative estimate of drug-likeness (QED) is 0.291. The first-order valence-corrected chi connectivity index (χ1v) is 6.40. The van der Waals surface area contributed by atoms with Crippen LogP contribution < -0.4 is 10.6 Å². The Hall–Kier alpha value is -1.96. The van der Waals surface area contributed by atoms with Crippen molar-refractivity contribution in [1.82, 2.24) is 10.6 Å². The number of nitrogens with one attached hydrogen (secondary N) is 2. The van der Waals surface area contributed by atoms with E-state index in [4.69, 9.17) is 21.7 Å². The van der Waals surface area contributed by atoms with Gasteiger partial charge in [-0.3, -0.25) is 9.59 Å². The molecule has 0 aliphatic carbocycles. The van der Waals surface area contributed by atoms with Crippen LogP contribution >= 0.6 is 12.2 Å². The molecule has 1 aliphatic heterocycles. The van der Waals surface area contributed by atoms with Crippen LogP contribution in [0.25, 0.3) is 0 Å². The summed E-state index contributed by atoms with van der Waals surface area (Å²) in [4.78, 5) is 33.7. The van der Waals surface area contributed by atoms with Crippen LogP contribution in [-0.4, -0.2) is 42.2 Å². The largest absolute Gasteiger partial charge is 0.462 e. The third kappa shape index (κ3) is 5.35. The number of ether oxygens (including phenoxy) is 2. The highest BCUT2D eigenvalue weighted by Gasteiger charge is 2.27. The molecule has 0 aromatic heterocycles. The third-order valence-corrected chi connectivity index (χ3v) is 2.64. The molecule has 0 spiro atoms. The molecule has 1 heterocycles. The highest BCUT2D eigenvalue weighted by Crippen LogP contribution is 2.04. The van der Waals surface area contributed by atoms with Crippen LogP contribution in [-0.2, 0) is 23.9 Å². The van der Waals surface area contributed by atoms with Gasteiger partial charge in [0, 0.05) is 12.0 Å². The zero-order chi connectivity index (χ0) is 15.1. The van der Waals surface area contributed by atoms with Crippen LogP contribution in [0.4, 0.5) is 0 Å². The fourth-order valence-corrected chi connectivity index (χ4v) is 1.65. The molecule has 0 aromatic carbocycles. The number of thiocarbonyl (C=S) groups is 1. The number of hydrogen-bond donors (Lipinski definition) is 2. The summed E-state index contributed by atoms with van der Waals surface area (Å²) in [6.07, 6.45) is 0.360. The smallest absolute Gasteiger partial charge is 0.333 e. The molecule has 1 rings (SSSR count). The fraction of sp³-hybridized carbons (Fsp3) is 0.500. The van der Waals surface area contributed by atoms with Gasteiger partial charge in [0.2, 0.25) is 5.91 Å². The lowest BCUT2D eigenvalue weighted by Gasteiger charge is -2.08. The van der Waals surface area contributed by atoms with Gasteiger partial charge in [-0.05, 0) is 25.6 Å². The van der Waals surface area contributed by atoms with Crippen LogP contribution in [0.15, 0.2) is 12.2 Å². The molecule has 1 fully saturated rings. The predicted octanol–water partition coefficient (Wildman–Crippen LogP) is -0.198. The highest BCUT2D eigenvalue weighted by atomic mass is 32.1. The van der Waals surface area contributed by atoms with Gasteiger partial charge in [-0.1, -0.05) is 6.58 Å². The Kier molecular flexibility index (Phi) is 6.10. The van der Waals surface area contributed by atoms with Gasteiger partial charge in [-0.2, -0.15) is 0 Å². The molecule has 2 N–H and O–H groups in total. The van der Waals surface area contributed by atoms with E-state index in [1.54, 1.807) is 0 Å². The molecule has 8 heteroatoms. The van der Waals surface area contributed by atoms with Crippen LogP contribution in [0.2, 0.25) is 0 Å². The summed E-state index contributed by atoms with van der Waals surface area (Å²) in [6, 6.07) is -0.503. The molecule has 110 valence electrons. The minimum Gasteiger partial charge on any atom is -0.462 e. The molecule has 1 atom stereocenters. The van der Waals surface area contributed by atoms with Crippen LogP contribution in [0, 0.1) is 0 Å². The van der Waals surface area contributed by atoms with Crippen molar-refractivity contribution in [3.05, 3.63) is 12.2 Å². The van der Waals surface area contributed by atoms with Crippen molar-refractivity contribution in [1.29, 1.82) is 0 Å². The second kappa shape index (κ2) is 7.59. The van der Waals surface area contributed by atoms with E-state index < -0.39 is 18.0 Å². The summed E-state index contributed by atoms with van der Waals surface area (Å²) >= 11 is 4.77. The Morgan fingerprint density at radius 1 is 1.35 bits per heavy atom. The molecule has 0 bridgehead atoms. The summed E-state index contributed by atoms with van der Waals surface area (Å²) in [5.41, 5.74) is 0.283. The van der Waals surface area contributed by atoms with Gasteiger partial charge in [0.25, 0.3) is 0 Å². The number of carbonyl (C=O) groups is 3. The lowest BCUT2D eigenvalue weighted by molar-refractivity contribution is -0.150. The first-order valence-electron chi connectivity index (χ1n) is 5.99. The van der Waals surface area contributed by atoms with Gasteiger partial charge < -0.3 is 20.1 Å². The van der Waals surface area contributed by atoms with Gasteiger partial charge in [0.05, 0.1) is 0 Å². The second-order valence-corrected chi connectivity index (χ2v) is 4.60. The number of esters is 2. The molecule has 1 aliphatic rings. The molecule has 0 aromatic rings. The van der Waals surface area contributed by atoms with Gasteiger partial charge in [-0.25, -0.2) is 4.79 Å². The van der Waals surface area contributed by atoms with Crippen molar-refractivity contribution < 1.29 is 23.9 Å². The first-order chi connectivity index (χ1) is 9.40. The monoisotopic (exact) mass is 300 g/mol. The van der Waals surface area contributed by atoms with E-state index in [9.17, 15) is 14.4 Å². The van der Waals surface area contributed by atoms with Gasteiger partial charge in [-0.15, -0.1) is 0 Å². The van der Waals surface area contributed by atoms with Gasteiger partial charge in [0.15, 0.2) is 5.11 Å². The Morgan fingerprint density at radius 2 is 2.00 bits per heavy atom. The third-order valence-electron chi connectivity index (χ3n) is 2.42. The average Bonchev–Trinajstić information content (AvgIpc) is 2.70. The van der Waals surface area contributed by atoms with E-state index in [2.05, 4.69) is 17.2 Å². The summed E-state index contributed by atoms with van der Waals surface area (Å²) in [7, 11) is 0. The van der Waals surface area contributed by atoms with Crippen molar-refractivity contribution in [2.75, 3.05) is 13.2 Å². The normalized spacial score (nSPS) is 17.1. The molecule has 7 nitrogen and oxygen atoms in total. The molecule has 1 unspecified atom stereocenters. The van der Waals surface area contributed by atoms with E-state index >= 15 is 0 Å². The highest BCUT2D eigenvalue weighted by molar-refractivity contribution is 7.80. The molecule has 0 saturated carbocycles. The lowest BCUT2D eigenvalue weighted by atomic mass is 10.1. The Labute approximate surface area is 121 Å². The van der Waals surface area contributed by atoms with Crippen molar-refractivity contribution in [3.63, 3.8) is 0 Å². The van der Waals surface area contributed by atoms with Crippen molar-refractivity contribution in [2.24, 2.45) is 0 Å². The minimum atomic E-state index is -0.526. The maximum Gasteiger partial charge on any atom is 0.333 e. The number of hydrogen-bond acceptors (Lipinski definition) is 6. The van der Waals surface area contributed by atoms with Gasteiger partial charge in [0.1, 0.15) is 19.3 Å². The maximum absolute atomic E-state index is 11.4. The molecular weight excluding hydrogens is 284 g/mol. The molecule has 0 radical (unpaired) electrons. The number of rotatable bonds is 7. The minimum absolute atomic E-state index is 0.0241. The predicted molar refractivity (Wildman–Crippen MR) is 73.6 cm³/mol. The van der Waals surface area contributed by atoms with Crippen molar-refractivity contribution >= 4 is 35.2 Å². The van der Waals surface area contributed by atoms with E-state index in [0.29, 0.717) is 0 Å². The summed E-state index contributed by atoms with van der Waals surface area (Å²) < 4.78 is 9.61. The Bertz CT molecular complexity index is 449. The molecule has 1 saturated heterocycles. The first kappa shape index (κ1) is 16.1. The zero-order valence-corrected chi connectivity index (χ0v) is 11.9. The topological polar surface area (TPSA) is 93.7 Å². The van der Waals surface area contributed by atoms with Crippen LogP contribution in [0.5, 0.6) is 0 Å². The maximum atomic E-state index is 11.4. The Balaban J connectivity index is 2.12. The standard InChI is InChI=1S/C12H16N2O5S/c1-7(2)11(17)19-6-5-18-9(15)4-3-8-10(16)14-12(20)13-8/h8H,1,3-6H2,2H3,(H2,13,14,16,20). The Morgan fingerprint density at radius 3 is 2.55 bits per heavy atom. The van der Waals surface area contributed by atoms with Crippen molar-refractivity contribution in [3.8, 4) is 0 Å². The lowest BCUT2D eigenvalue weighted by Crippen LogP contribution is -2.29. The summed E-state index contributed by atoms with van der Waals surface area (Å²) in [6.45, 7) is 4.89. The summed E-state index contributed by atoms with van der Waals surface area (Å²) in [5.74, 6) is -1.25. The molecule has 20 heavy (non-hydrogen) atoms. The van der Waals surface area contributed by atoms with Crippen LogP contribution in [0.3, 0.4) is 0 Å².